The summed E-state index contributed by atoms with van der Waals surface area (Å²) >= 11 is 0. The van der Waals surface area contributed by atoms with E-state index in [9.17, 15) is 19.5 Å². The molecule has 6 rings (SSSR count). The molecule has 0 bridgehead atoms. The summed E-state index contributed by atoms with van der Waals surface area (Å²) in [5.41, 5.74) is 4.02. The summed E-state index contributed by atoms with van der Waals surface area (Å²) in [7, 11) is 0. The third kappa shape index (κ3) is 20.7. The number of aromatic nitrogens is 1. The molecule has 3 heterocycles. The Morgan fingerprint density at radius 2 is 1.12 bits per heavy atom. The van der Waals surface area contributed by atoms with Gasteiger partial charge in [0.1, 0.15) is 41.2 Å². The number of fused-ring (bicyclic) bond motifs is 2. The monoisotopic (exact) mass is 1290 g/mol. The number of rotatable bonds is 18. The maximum Gasteiger partial charge on any atom is 2.00 e. The van der Waals surface area contributed by atoms with Crippen LogP contribution in [-0.4, -0.2) is 163 Å². The average molecular weight is 1290 g/mol. The van der Waals surface area contributed by atoms with Crippen LogP contribution in [0.4, 0.5) is 5.69 Å². The van der Waals surface area contributed by atoms with Gasteiger partial charge >= 0.3 is 58.8 Å². The van der Waals surface area contributed by atoms with Crippen molar-refractivity contribution in [3.05, 3.63) is 101 Å². The van der Waals surface area contributed by atoms with Crippen LogP contribution < -0.4 is 19.9 Å². The van der Waals surface area contributed by atoms with E-state index in [0.29, 0.717) is 87.1 Å². The Bertz CT molecular complexity index is 2840. The minimum atomic E-state index is -0.655. The van der Waals surface area contributed by atoms with Crippen LogP contribution in [0.3, 0.4) is 0 Å². The summed E-state index contributed by atoms with van der Waals surface area (Å²) in [6, 6.07) is 25.7. The average Bonchev–Trinajstić information content (AvgIpc) is 3.35. The maximum atomic E-state index is 14.2. The second-order valence-electron chi connectivity index (χ2n) is 22.9. The van der Waals surface area contributed by atoms with Crippen molar-refractivity contribution in [2.45, 2.75) is 120 Å². The third-order valence-electron chi connectivity index (χ3n) is 13.2. The molecule has 0 unspecified atom stereocenters. The molecular weight excluding hydrogens is 1200 g/mol. The van der Waals surface area contributed by atoms with E-state index in [-0.39, 0.29) is 85.0 Å². The molecule has 80 heavy (non-hydrogen) atoms. The summed E-state index contributed by atoms with van der Waals surface area (Å²) in [5.74, 6) is -0.829. The molecule has 2 aliphatic heterocycles. The van der Waals surface area contributed by atoms with Crippen LogP contribution in [0, 0.1) is 0 Å². The molecule has 0 spiro atoms. The first-order valence-corrected chi connectivity index (χ1v) is 27.7. The van der Waals surface area contributed by atoms with Crippen LogP contribution >= 0.6 is 0 Å². The zero-order chi connectivity index (χ0) is 56.8. The second-order valence-corrected chi connectivity index (χ2v) is 22.9. The van der Waals surface area contributed by atoms with Crippen molar-refractivity contribution >= 4 is 40.5 Å². The van der Waals surface area contributed by atoms with Gasteiger partial charge in [-0.05, 0) is 131 Å². The Morgan fingerprint density at radius 3 is 1.62 bits per heavy atom. The number of esters is 3. The van der Waals surface area contributed by atoms with Crippen LogP contribution in [-0.2, 0) is 87.4 Å². The van der Waals surface area contributed by atoms with E-state index < -0.39 is 22.7 Å². The van der Waals surface area contributed by atoms with E-state index in [1.165, 1.54) is 0 Å². The van der Waals surface area contributed by atoms with Crippen molar-refractivity contribution in [2.75, 3.05) is 103 Å². The Balaban J connectivity index is 0.00000689. The Hall–Kier alpha value is -5.08. The van der Waals surface area contributed by atoms with Crippen LogP contribution in [0.15, 0.2) is 88.4 Å². The van der Waals surface area contributed by atoms with Gasteiger partial charge in [0, 0.05) is 112 Å². The molecule has 3 aromatic rings. The predicted molar refractivity (Wildman–Crippen MR) is 306 cm³/mol. The summed E-state index contributed by atoms with van der Waals surface area (Å²) in [6.07, 6.45) is 0. The number of nitrogens with zero attached hydrogens (tertiary/aromatic N) is 8. The van der Waals surface area contributed by atoms with Crippen molar-refractivity contribution in [3.8, 4) is 22.5 Å². The second kappa shape index (κ2) is 30.8. The van der Waals surface area contributed by atoms with Crippen LogP contribution in [0.25, 0.3) is 33.4 Å². The van der Waals surface area contributed by atoms with E-state index in [1.807, 2.05) is 104 Å². The predicted octanol–water partition coefficient (Wildman–Crippen LogP) is 7.24. The largest absolute Gasteiger partial charge is 2.00 e. The molecule has 0 N–H and O–H groups in total. The van der Waals surface area contributed by atoms with E-state index >= 15 is 0 Å². The van der Waals surface area contributed by atoms with E-state index in [1.54, 1.807) is 6.07 Å². The van der Waals surface area contributed by atoms with Gasteiger partial charge in [-0.25, -0.2) is 4.58 Å². The van der Waals surface area contributed by atoms with E-state index in [2.05, 4.69) is 93.4 Å². The van der Waals surface area contributed by atoms with Crippen LogP contribution in [0.1, 0.15) is 107 Å². The molecule has 19 heteroatoms. The number of oxime groups is 1. The van der Waals surface area contributed by atoms with Gasteiger partial charge in [-0.15, -0.1) is 5.16 Å². The molecule has 17 nitrogen and oxygen atoms in total. The van der Waals surface area contributed by atoms with Crippen molar-refractivity contribution in [1.29, 1.82) is 0 Å². The Morgan fingerprint density at radius 1 is 0.625 bits per heavy atom. The van der Waals surface area contributed by atoms with Gasteiger partial charge in [-0.3, -0.25) is 39.0 Å². The standard InChI is InChI=1S/C61H86N8O9.2Pd/c1-14-68(15-2)46-25-27-50-52(37-46)75-53-38-47(69(16-3)17-4)26-28-51(53)57(50)48-23-18-19-24-49(48)58(73)63-74-43-45-22-20-21-44(62-45)39-64-29-31-65(40-54(70)76-59(5,6)7)33-35-67(42-56(72)78-61(11,12)13)36-34-66(32-30-64)41-55(71)77-60(8,9)10;;/h18-28,37-38H,14-17,29-36,39-43H2,1-13H3;;/q;2*+2. The first-order valence-electron chi connectivity index (χ1n) is 27.7. The van der Waals surface area contributed by atoms with Crippen molar-refractivity contribution in [1.82, 2.24) is 29.2 Å². The minimum Gasteiger partial charge on any atom is -0.856 e. The molecule has 0 amide bonds. The fraction of sp³-hybridized carbons (Fsp3) is 0.541. The molecule has 1 fully saturated rings. The van der Waals surface area contributed by atoms with Crippen LogP contribution in [0.2, 0.25) is 0 Å². The number of anilines is 1. The normalized spacial score (nSPS) is 15.0. The van der Waals surface area contributed by atoms with Crippen molar-refractivity contribution < 1.29 is 83.8 Å². The van der Waals surface area contributed by atoms with E-state index in [0.717, 1.165) is 59.4 Å². The zero-order valence-electron chi connectivity index (χ0n) is 49.4. The summed E-state index contributed by atoms with van der Waals surface area (Å²) in [4.78, 5) is 61.2. The van der Waals surface area contributed by atoms with Gasteiger partial charge in [0.05, 0.1) is 37.1 Å². The number of carbonyl (C=O) groups excluding carboxylic acids is 3. The van der Waals surface area contributed by atoms with Gasteiger partial charge in [0.15, 0.2) is 6.61 Å². The molecule has 0 atom stereocenters. The fourth-order valence-electron chi connectivity index (χ4n) is 9.63. The molecule has 0 radical (unpaired) electrons. The molecular formula is C61H86N8O9Pd2+4. The summed E-state index contributed by atoms with van der Waals surface area (Å²) < 4.78 is 26.2. The fourth-order valence-corrected chi connectivity index (χ4v) is 9.63. The quantitative estimate of drug-likeness (QED) is 0.0126. The van der Waals surface area contributed by atoms with E-state index in [4.69, 9.17) is 28.4 Å². The topological polar surface area (TPSA) is 169 Å². The first-order chi connectivity index (χ1) is 36.9. The number of benzene rings is 3. The SMILES string of the molecule is CCN(CC)c1ccc2c(-c3ccccc3/C([O-])=N/OCc3cccc(CN4CCN(CC(=O)OC(C)(C)C)CCN(CC(=O)OC(C)(C)C)CCN(CC(=O)OC(C)(C)C)CC4)n3)c3ccc(=[N+](CC)CC)cc-3oc2c1.[Pd+2].[Pd+2]. The smallest absolute Gasteiger partial charge is 0.856 e. The number of pyridine rings is 1. The maximum absolute atomic E-state index is 14.2. The summed E-state index contributed by atoms with van der Waals surface area (Å²) in [6.45, 7) is 33.2. The van der Waals surface area contributed by atoms with Gasteiger partial charge in [-0.2, -0.15) is 0 Å². The molecule has 440 valence electrons. The summed E-state index contributed by atoms with van der Waals surface area (Å²) in [5, 5.41) is 20.3. The number of ether oxygens (including phenoxy) is 3. The van der Waals surface area contributed by atoms with Crippen LogP contribution in [0.5, 0.6) is 0 Å². The Labute approximate surface area is 502 Å². The molecule has 1 aromatic heterocycles. The minimum absolute atomic E-state index is 0. The molecule has 1 aliphatic carbocycles. The van der Waals surface area contributed by atoms with Gasteiger partial charge < -0.3 is 33.5 Å². The van der Waals surface area contributed by atoms with Gasteiger partial charge in [0.2, 0.25) is 5.36 Å². The van der Waals surface area contributed by atoms with Crippen molar-refractivity contribution in [3.63, 3.8) is 0 Å². The molecule has 2 aromatic carbocycles. The van der Waals surface area contributed by atoms with Gasteiger partial charge in [-0.1, -0.05) is 30.3 Å². The Kier molecular flexibility index (Phi) is 26.0. The number of hydrogen-bond donors (Lipinski definition) is 0. The van der Waals surface area contributed by atoms with Crippen molar-refractivity contribution in [2.24, 2.45) is 5.16 Å². The number of hydrogen-bond acceptors (Lipinski definition) is 16. The van der Waals surface area contributed by atoms with Gasteiger partial charge in [0.25, 0.3) is 0 Å². The molecule has 1 saturated heterocycles. The molecule has 0 saturated carbocycles. The molecule has 3 aliphatic rings. The zero-order valence-corrected chi connectivity index (χ0v) is 52.5. The number of carbonyl (C=O) groups is 3. The third-order valence-corrected chi connectivity index (χ3v) is 13.2. The first kappa shape index (κ1) is 67.4.